The molecule has 4 heteroatoms. The van der Waals surface area contributed by atoms with Crippen molar-refractivity contribution in [3.05, 3.63) is 0 Å². The number of halogens is 1. The molecule has 1 saturated carbocycles. The maximum absolute atomic E-state index is 11.5. The molecule has 17 heavy (non-hydrogen) atoms. The minimum atomic E-state index is -0.641. The fourth-order valence-corrected chi connectivity index (χ4v) is 2.61. The van der Waals surface area contributed by atoms with E-state index in [4.69, 9.17) is 21.1 Å². The summed E-state index contributed by atoms with van der Waals surface area (Å²) in [4.78, 5) is 11.5. The summed E-state index contributed by atoms with van der Waals surface area (Å²) in [6.45, 7) is 8.15. The molecular formula is C13H23ClO3. The van der Waals surface area contributed by atoms with Crippen LogP contribution in [0.2, 0.25) is 0 Å². The van der Waals surface area contributed by atoms with Crippen molar-refractivity contribution in [2.45, 2.75) is 58.6 Å². The Morgan fingerprint density at radius 1 is 1.29 bits per heavy atom. The van der Waals surface area contributed by atoms with E-state index in [0.717, 1.165) is 12.8 Å². The van der Waals surface area contributed by atoms with Crippen LogP contribution in [-0.2, 0) is 9.47 Å². The SMILES string of the molecule is CC(Cl)OC(=O)O[C@H]1C[C@@H](C)CC[C@@H]1C(C)C. The Morgan fingerprint density at radius 3 is 2.47 bits per heavy atom. The number of carbonyl (C=O) groups excluding carboxylic acids is 1. The highest BCUT2D eigenvalue weighted by Gasteiger charge is 2.33. The molecule has 1 aliphatic rings. The van der Waals surface area contributed by atoms with Crippen LogP contribution in [0.15, 0.2) is 0 Å². The summed E-state index contributed by atoms with van der Waals surface area (Å²) in [5, 5.41) is 0. The Kier molecular flexibility index (Phi) is 5.57. The van der Waals surface area contributed by atoms with Gasteiger partial charge in [0.25, 0.3) is 0 Å². The third-order valence-electron chi connectivity index (χ3n) is 3.47. The number of carbonyl (C=O) groups is 1. The van der Waals surface area contributed by atoms with Gasteiger partial charge in [-0.1, -0.05) is 38.8 Å². The second-order valence-corrected chi connectivity index (χ2v) is 6.01. The van der Waals surface area contributed by atoms with Crippen molar-refractivity contribution in [3.63, 3.8) is 0 Å². The molecule has 0 aromatic rings. The van der Waals surface area contributed by atoms with Gasteiger partial charge in [0.05, 0.1) is 0 Å². The largest absolute Gasteiger partial charge is 0.510 e. The van der Waals surface area contributed by atoms with Gasteiger partial charge >= 0.3 is 6.16 Å². The molecule has 3 nitrogen and oxygen atoms in total. The van der Waals surface area contributed by atoms with Crippen LogP contribution in [0.1, 0.15) is 47.0 Å². The van der Waals surface area contributed by atoms with Gasteiger partial charge in [0.1, 0.15) is 6.10 Å². The molecule has 0 aromatic carbocycles. The molecule has 1 rings (SSSR count). The van der Waals surface area contributed by atoms with Gasteiger partial charge in [-0.3, -0.25) is 0 Å². The topological polar surface area (TPSA) is 35.5 Å². The van der Waals surface area contributed by atoms with E-state index in [1.54, 1.807) is 6.92 Å². The lowest BCUT2D eigenvalue weighted by Gasteiger charge is -2.36. The molecule has 1 aliphatic carbocycles. The zero-order valence-corrected chi connectivity index (χ0v) is 11.9. The minimum absolute atomic E-state index is 0.0262. The third-order valence-corrected chi connectivity index (χ3v) is 3.56. The Balaban J connectivity index is 2.54. The Hall–Kier alpha value is -0.440. The standard InChI is InChI=1S/C13H23ClO3/c1-8(2)11-6-5-9(3)7-12(11)17-13(15)16-10(4)14/h8-12H,5-7H2,1-4H3/t9-,10?,11+,12-/m0/s1. The van der Waals surface area contributed by atoms with E-state index in [2.05, 4.69) is 20.8 Å². The van der Waals surface area contributed by atoms with Gasteiger partial charge in [-0.25, -0.2) is 4.79 Å². The molecule has 0 N–H and O–H groups in total. The maximum atomic E-state index is 11.5. The van der Waals surface area contributed by atoms with Gasteiger partial charge in [0.2, 0.25) is 0 Å². The van der Waals surface area contributed by atoms with E-state index in [0.29, 0.717) is 17.8 Å². The summed E-state index contributed by atoms with van der Waals surface area (Å²) in [5.74, 6) is 1.56. The van der Waals surface area contributed by atoms with Crippen molar-refractivity contribution >= 4 is 17.8 Å². The first-order chi connectivity index (χ1) is 7.90. The lowest BCUT2D eigenvalue weighted by molar-refractivity contribution is -0.0342. The van der Waals surface area contributed by atoms with Crippen LogP contribution in [0.25, 0.3) is 0 Å². The van der Waals surface area contributed by atoms with Gasteiger partial charge in [-0.05, 0) is 37.5 Å². The molecule has 0 radical (unpaired) electrons. The van der Waals surface area contributed by atoms with Gasteiger partial charge in [-0.2, -0.15) is 0 Å². The van der Waals surface area contributed by atoms with E-state index < -0.39 is 11.7 Å². The molecule has 0 amide bonds. The predicted octanol–water partition coefficient (Wildman–Crippen LogP) is 4.19. The zero-order valence-electron chi connectivity index (χ0n) is 11.1. The smallest absolute Gasteiger partial charge is 0.431 e. The van der Waals surface area contributed by atoms with Gasteiger partial charge in [-0.15, -0.1) is 0 Å². The molecule has 0 aromatic heterocycles. The summed E-state index contributed by atoms with van der Waals surface area (Å²) in [6.07, 6.45) is 2.59. The molecule has 100 valence electrons. The molecule has 0 aliphatic heterocycles. The zero-order chi connectivity index (χ0) is 13.0. The normalized spacial score (nSPS) is 31.1. The number of alkyl halides is 1. The highest BCUT2D eigenvalue weighted by molar-refractivity contribution is 6.19. The van der Waals surface area contributed by atoms with Crippen molar-refractivity contribution < 1.29 is 14.3 Å². The molecule has 0 heterocycles. The van der Waals surface area contributed by atoms with E-state index in [9.17, 15) is 4.79 Å². The van der Waals surface area contributed by atoms with E-state index in [1.165, 1.54) is 6.42 Å². The first-order valence-electron chi connectivity index (χ1n) is 6.41. The molecule has 0 bridgehead atoms. The van der Waals surface area contributed by atoms with E-state index in [1.807, 2.05) is 0 Å². The minimum Gasteiger partial charge on any atom is -0.431 e. The van der Waals surface area contributed by atoms with E-state index in [-0.39, 0.29) is 6.10 Å². The fraction of sp³-hybridized carbons (Fsp3) is 0.923. The molecule has 4 atom stereocenters. The number of rotatable bonds is 3. The van der Waals surface area contributed by atoms with Crippen LogP contribution in [0.3, 0.4) is 0 Å². The lowest BCUT2D eigenvalue weighted by Crippen LogP contribution is -2.36. The van der Waals surface area contributed by atoms with Gasteiger partial charge < -0.3 is 9.47 Å². The van der Waals surface area contributed by atoms with Crippen LogP contribution in [-0.4, -0.2) is 17.8 Å². The summed E-state index contributed by atoms with van der Waals surface area (Å²) < 4.78 is 10.2. The highest BCUT2D eigenvalue weighted by atomic mass is 35.5. The molecule has 0 saturated heterocycles. The quantitative estimate of drug-likeness (QED) is 0.565. The van der Waals surface area contributed by atoms with Crippen molar-refractivity contribution in [3.8, 4) is 0 Å². The second kappa shape index (κ2) is 6.48. The first kappa shape index (κ1) is 14.6. The van der Waals surface area contributed by atoms with E-state index >= 15 is 0 Å². The van der Waals surface area contributed by atoms with Crippen molar-refractivity contribution in [2.24, 2.45) is 17.8 Å². The van der Waals surface area contributed by atoms with Crippen molar-refractivity contribution in [1.29, 1.82) is 0 Å². The monoisotopic (exact) mass is 262 g/mol. The lowest BCUT2D eigenvalue weighted by atomic mass is 9.75. The van der Waals surface area contributed by atoms with Gasteiger partial charge in [0, 0.05) is 0 Å². The fourth-order valence-electron chi connectivity index (χ4n) is 2.53. The van der Waals surface area contributed by atoms with Crippen LogP contribution < -0.4 is 0 Å². The average Bonchev–Trinajstić information content (AvgIpc) is 2.15. The molecular weight excluding hydrogens is 240 g/mol. The van der Waals surface area contributed by atoms with Crippen LogP contribution in [0.4, 0.5) is 4.79 Å². The predicted molar refractivity (Wildman–Crippen MR) is 68.0 cm³/mol. The number of ether oxygens (including phenoxy) is 2. The maximum Gasteiger partial charge on any atom is 0.510 e. The van der Waals surface area contributed by atoms with Crippen LogP contribution in [0.5, 0.6) is 0 Å². The molecule has 1 fully saturated rings. The summed E-state index contributed by atoms with van der Waals surface area (Å²) in [5.41, 5.74) is -0.638. The third kappa shape index (κ3) is 4.74. The Bertz CT molecular complexity index is 253. The average molecular weight is 263 g/mol. The summed E-state index contributed by atoms with van der Waals surface area (Å²) >= 11 is 5.59. The number of hydrogen-bond donors (Lipinski definition) is 0. The molecule has 1 unspecified atom stereocenters. The molecule has 0 spiro atoms. The highest BCUT2D eigenvalue weighted by Crippen LogP contribution is 2.35. The Labute approximate surface area is 109 Å². The van der Waals surface area contributed by atoms with Crippen LogP contribution in [0, 0.1) is 17.8 Å². The summed E-state index contributed by atoms with van der Waals surface area (Å²) in [6, 6.07) is 0. The number of hydrogen-bond acceptors (Lipinski definition) is 3. The second-order valence-electron chi connectivity index (χ2n) is 5.39. The van der Waals surface area contributed by atoms with Crippen molar-refractivity contribution in [1.82, 2.24) is 0 Å². The van der Waals surface area contributed by atoms with Crippen LogP contribution >= 0.6 is 11.6 Å². The van der Waals surface area contributed by atoms with Crippen molar-refractivity contribution in [2.75, 3.05) is 0 Å². The summed E-state index contributed by atoms with van der Waals surface area (Å²) in [7, 11) is 0. The van der Waals surface area contributed by atoms with Gasteiger partial charge in [0.15, 0.2) is 5.56 Å². The Morgan fingerprint density at radius 2 is 1.94 bits per heavy atom. The first-order valence-corrected chi connectivity index (χ1v) is 6.85.